The van der Waals surface area contributed by atoms with E-state index >= 15 is 0 Å². The average Bonchev–Trinajstić information content (AvgIpc) is 2.04. The van der Waals surface area contributed by atoms with E-state index in [-0.39, 0.29) is 6.42 Å². The molecule has 0 aromatic carbocycles. The van der Waals surface area contributed by atoms with Crippen LogP contribution in [0.15, 0.2) is 0 Å². The van der Waals surface area contributed by atoms with Gasteiger partial charge in [0.1, 0.15) is 12.1 Å². The molecule has 0 bridgehead atoms. The fourth-order valence-electron chi connectivity index (χ4n) is 1.93. The van der Waals surface area contributed by atoms with Gasteiger partial charge in [0.2, 0.25) is 0 Å². The Bertz CT molecular complexity index is 197. The Labute approximate surface area is 77.3 Å². The minimum atomic E-state index is -4.88. The van der Waals surface area contributed by atoms with Gasteiger partial charge in [-0.05, 0) is 12.8 Å². The van der Waals surface area contributed by atoms with E-state index < -0.39 is 43.5 Å². The van der Waals surface area contributed by atoms with Crippen LogP contribution >= 0.6 is 0 Å². The summed E-state index contributed by atoms with van der Waals surface area (Å²) >= 11 is 0. The third-order valence-electron chi connectivity index (χ3n) is 3.33. The first kappa shape index (κ1) is 11.7. The summed E-state index contributed by atoms with van der Waals surface area (Å²) < 4.78 is 74.6. The molecular formula is C8H10F6. The molecule has 0 amide bonds. The third-order valence-corrected chi connectivity index (χ3v) is 3.33. The van der Waals surface area contributed by atoms with Crippen molar-refractivity contribution in [2.45, 2.75) is 19.0 Å². The summed E-state index contributed by atoms with van der Waals surface area (Å²) in [6.45, 7) is -4.68. The van der Waals surface area contributed by atoms with E-state index in [1.165, 1.54) is 0 Å². The van der Waals surface area contributed by atoms with Crippen molar-refractivity contribution in [3.05, 3.63) is 0 Å². The molecule has 1 aliphatic rings. The zero-order valence-corrected chi connectivity index (χ0v) is 7.30. The van der Waals surface area contributed by atoms with Gasteiger partial charge < -0.3 is 0 Å². The lowest BCUT2D eigenvalue weighted by molar-refractivity contribution is -0.317. The Morgan fingerprint density at radius 3 is 1.43 bits per heavy atom. The predicted octanol–water partition coefficient (Wildman–Crippen LogP) is 3.22. The Hall–Kier alpha value is -0.420. The molecule has 0 radical (unpaired) electrons. The maximum atomic E-state index is 12.5. The fraction of sp³-hybridized carbons (Fsp3) is 1.00. The summed E-state index contributed by atoms with van der Waals surface area (Å²) in [5, 5.41) is 0. The highest BCUT2D eigenvalue weighted by Gasteiger charge is 2.72. The van der Waals surface area contributed by atoms with Crippen LogP contribution in [0.3, 0.4) is 0 Å². The molecule has 1 fully saturated rings. The number of hydrogen-bond donors (Lipinski definition) is 0. The van der Waals surface area contributed by atoms with Gasteiger partial charge in [-0.1, -0.05) is 0 Å². The summed E-state index contributed by atoms with van der Waals surface area (Å²) in [4.78, 5) is 0. The minimum absolute atomic E-state index is 0.247. The third kappa shape index (κ3) is 1.15. The van der Waals surface area contributed by atoms with Gasteiger partial charge in [-0.3, -0.25) is 13.2 Å². The van der Waals surface area contributed by atoms with Crippen LogP contribution in [-0.4, -0.2) is 26.2 Å². The van der Waals surface area contributed by atoms with E-state index in [2.05, 4.69) is 0 Å². The molecule has 0 heterocycles. The first-order chi connectivity index (χ1) is 6.39. The maximum absolute atomic E-state index is 12.5. The molecular weight excluding hydrogens is 210 g/mol. The van der Waals surface area contributed by atoms with Crippen LogP contribution in [0.25, 0.3) is 0 Å². The van der Waals surface area contributed by atoms with Crippen LogP contribution in [0.4, 0.5) is 26.3 Å². The Morgan fingerprint density at radius 2 is 1.36 bits per heavy atom. The SMILES string of the molecule is FCC1(CF)CCC1(CF)C(F)(F)F. The smallest absolute Gasteiger partial charge is 0.250 e. The van der Waals surface area contributed by atoms with Crippen molar-refractivity contribution in [2.75, 3.05) is 20.0 Å². The van der Waals surface area contributed by atoms with Crippen LogP contribution in [0.5, 0.6) is 0 Å². The summed E-state index contributed by atoms with van der Waals surface area (Å²) in [5.74, 6) is 0. The number of hydrogen-bond acceptors (Lipinski definition) is 0. The van der Waals surface area contributed by atoms with Crippen LogP contribution in [0.1, 0.15) is 12.8 Å². The largest absolute Gasteiger partial charge is 0.397 e. The van der Waals surface area contributed by atoms with Gasteiger partial charge in [0.15, 0.2) is 0 Å². The standard InChI is InChI=1S/C8H10F6/c9-3-6(4-10)1-2-7(6,5-11)8(12,13)14/h1-5H2. The Kier molecular flexibility index (Phi) is 2.75. The van der Waals surface area contributed by atoms with E-state index in [1.807, 2.05) is 0 Å². The highest BCUT2D eigenvalue weighted by atomic mass is 19.4. The molecule has 0 aromatic rings. The maximum Gasteiger partial charge on any atom is 0.397 e. The molecule has 0 aromatic heterocycles. The number of halogens is 6. The van der Waals surface area contributed by atoms with Crippen molar-refractivity contribution in [1.29, 1.82) is 0 Å². The second-order valence-corrected chi connectivity index (χ2v) is 3.76. The highest BCUT2D eigenvalue weighted by molar-refractivity contribution is 5.10. The molecule has 0 saturated heterocycles. The van der Waals surface area contributed by atoms with Crippen molar-refractivity contribution < 1.29 is 26.3 Å². The van der Waals surface area contributed by atoms with Gasteiger partial charge in [0, 0.05) is 5.41 Å². The van der Waals surface area contributed by atoms with Gasteiger partial charge in [-0.25, -0.2) is 0 Å². The molecule has 0 nitrogen and oxygen atoms in total. The first-order valence-electron chi connectivity index (χ1n) is 4.14. The second kappa shape index (κ2) is 3.31. The van der Waals surface area contributed by atoms with E-state index in [0.29, 0.717) is 0 Å². The second-order valence-electron chi connectivity index (χ2n) is 3.76. The summed E-state index contributed by atoms with van der Waals surface area (Å²) in [5.41, 5.74) is -4.98. The predicted molar refractivity (Wildman–Crippen MR) is 38.1 cm³/mol. The minimum Gasteiger partial charge on any atom is -0.250 e. The highest BCUT2D eigenvalue weighted by Crippen LogP contribution is 2.65. The van der Waals surface area contributed by atoms with Gasteiger partial charge in [-0.2, -0.15) is 13.2 Å². The lowest BCUT2D eigenvalue weighted by Gasteiger charge is -2.55. The average molecular weight is 220 g/mol. The first-order valence-corrected chi connectivity index (χ1v) is 4.14. The molecule has 0 spiro atoms. The lowest BCUT2D eigenvalue weighted by Crippen LogP contribution is -2.63. The van der Waals surface area contributed by atoms with Crippen LogP contribution in [0, 0.1) is 10.8 Å². The van der Waals surface area contributed by atoms with Gasteiger partial charge in [0.25, 0.3) is 0 Å². The van der Waals surface area contributed by atoms with Crippen molar-refractivity contribution in [2.24, 2.45) is 10.8 Å². The summed E-state index contributed by atoms with van der Waals surface area (Å²) in [6, 6.07) is 0. The zero-order valence-electron chi connectivity index (χ0n) is 7.30. The van der Waals surface area contributed by atoms with E-state index in [4.69, 9.17) is 0 Å². The van der Waals surface area contributed by atoms with Crippen molar-refractivity contribution in [1.82, 2.24) is 0 Å². The fourth-order valence-corrected chi connectivity index (χ4v) is 1.93. The molecule has 6 heteroatoms. The van der Waals surface area contributed by atoms with Gasteiger partial charge in [-0.15, -0.1) is 0 Å². The number of alkyl halides is 6. The molecule has 1 rings (SSSR count). The normalized spacial score (nSPS) is 31.3. The van der Waals surface area contributed by atoms with Crippen molar-refractivity contribution in [3.63, 3.8) is 0 Å². The molecule has 84 valence electrons. The molecule has 1 aliphatic carbocycles. The summed E-state index contributed by atoms with van der Waals surface area (Å²) in [6.07, 6.45) is -5.65. The Morgan fingerprint density at radius 1 is 0.857 bits per heavy atom. The van der Waals surface area contributed by atoms with E-state index in [0.717, 1.165) is 0 Å². The van der Waals surface area contributed by atoms with Gasteiger partial charge >= 0.3 is 6.18 Å². The lowest BCUT2D eigenvalue weighted by atomic mass is 9.50. The van der Waals surface area contributed by atoms with Crippen LogP contribution in [-0.2, 0) is 0 Å². The quantitative estimate of drug-likeness (QED) is 0.640. The molecule has 14 heavy (non-hydrogen) atoms. The molecule has 0 aliphatic heterocycles. The van der Waals surface area contributed by atoms with Crippen LogP contribution in [0.2, 0.25) is 0 Å². The van der Waals surface area contributed by atoms with Crippen LogP contribution < -0.4 is 0 Å². The molecule has 1 atom stereocenters. The molecule has 0 N–H and O–H groups in total. The van der Waals surface area contributed by atoms with Crippen molar-refractivity contribution in [3.8, 4) is 0 Å². The summed E-state index contributed by atoms with van der Waals surface area (Å²) in [7, 11) is 0. The molecule has 1 unspecified atom stereocenters. The molecule has 1 saturated carbocycles. The van der Waals surface area contributed by atoms with E-state index in [1.54, 1.807) is 0 Å². The topological polar surface area (TPSA) is 0 Å². The van der Waals surface area contributed by atoms with Gasteiger partial charge in [0.05, 0.1) is 13.3 Å². The Balaban J connectivity index is 3.02. The van der Waals surface area contributed by atoms with Crippen molar-refractivity contribution >= 4 is 0 Å². The number of rotatable bonds is 3. The zero-order chi connectivity index (χ0) is 11.0. The monoisotopic (exact) mass is 220 g/mol. The van der Waals surface area contributed by atoms with E-state index in [9.17, 15) is 26.3 Å².